The average molecular weight is 279 g/mol. The van der Waals surface area contributed by atoms with Crippen molar-refractivity contribution < 1.29 is 14.3 Å². The minimum atomic E-state index is -0.185. The summed E-state index contributed by atoms with van der Waals surface area (Å²) in [5.41, 5.74) is 0.454. The molecule has 1 aromatic rings. The van der Waals surface area contributed by atoms with Gasteiger partial charge < -0.3 is 14.4 Å². The molecule has 6 heteroatoms. The lowest BCUT2D eigenvalue weighted by Gasteiger charge is -2.52. The van der Waals surface area contributed by atoms with E-state index in [0.29, 0.717) is 18.7 Å². The van der Waals surface area contributed by atoms with Gasteiger partial charge in [0.15, 0.2) is 0 Å². The van der Waals surface area contributed by atoms with Crippen LogP contribution in [0.5, 0.6) is 0 Å². The second-order valence-corrected chi connectivity index (χ2v) is 5.67. The number of likely N-dealkylation sites (tertiary alicyclic amines) is 1. The number of carbonyl (C=O) groups excluding carboxylic acids is 1. The predicted molar refractivity (Wildman–Crippen MR) is 72.4 cm³/mol. The predicted octanol–water partition coefficient (Wildman–Crippen LogP) is 0.830. The second-order valence-electron chi connectivity index (χ2n) is 5.67. The van der Waals surface area contributed by atoms with Crippen molar-refractivity contribution in [3.63, 3.8) is 0 Å². The van der Waals surface area contributed by atoms with Crippen molar-refractivity contribution >= 4 is 5.91 Å². The number of amides is 1. The smallest absolute Gasteiger partial charge is 0.257 e. The number of hydrogen-bond acceptors (Lipinski definition) is 4. The summed E-state index contributed by atoms with van der Waals surface area (Å²) >= 11 is 0. The molecule has 1 aromatic heterocycles. The van der Waals surface area contributed by atoms with Crippen LogP contribution in [0.2, 0.25) is 0 Å². The van der Waals surface area contributed by atoms with E-state index in [1.54, 1.807) is 17.1 Å². The van der Waals surface area contributed by atoms with Gasteiger partial charge in [-0.1, -0.05) is 0 Å². The monoisotopic (exact) mass is 279 g/mol. The van der Waals surface area contributed by atoms with Crippen LogP contribution < -0.4 is 0 Å². The zero-order valence-electron chi connectivity index (χ0n) is 12.0. The third kappa shape index (κ3) is 2.45. The van der Waals surface area contributed by atoms with E-state index in [4.69, 9.17) is 9.47 Å². The number of ether oxygens (including phenoxy) is 2. The molecule has 0 aromatic carbocycles. The SMILES string of the molecule is CCOC1CCOC2(C1)CN(C(=O)c1cnn(C)c1)C2. The molecule has 3 heterocycles. The topological polar surface area (TPSA) is 56.6 Å². The van der Waals surface area contributed by atoms with Gasteiger partial charge in [0.2, 0.25) is 0 Å². The lowest BCUT2D eigenvalue weighted by molar-refractivity contribution is -0.185. The summed E-state index contributed by atoms with van der Waals surface area (Å²) in [5.74, 6) is 0.0332. The number of carbonyl (C=O) groups is 1. The highest BCUT2D eigenvalue weighted by Crippen LogP contribution is 2.35. The maximum absolute atomic E-state index is 12.3. The molecular weight excluding hydrogens is 258 g/mol. The average Bonchev–Trinajstić information content (AvgIpc) is 2.82. The zero-order valence-corrected chi connectivity index (χ0v) is 12.0. The molecule has 3 rings (SSSR count). The van der Waals surface area contributed by atoms with Gasteiger partial charge in [-0.15, -0.1) is 0 Å². The lowest BCUT2D eigenvalue weighted by atomic mass is 9.84. The molecule has 2 fully saturated rings. The molecule has 2 aliphatic heterocycles. The summed E-state index contributed by atoms with van der Waals surface area (Å²) < 4.78 is 13.2. The molecule has 6 nitrogen and oxygen atoms in total. The fraction of sp³-hybridized carbons (Fsp3) is 0.714. The van der Waals surface area contributed by atoms with Crippen LogP contribution in [0.3, 0.4) is 0 Å². The summed E-state index contributed by atoms with van der Waals surface area (Å²) in [5, 5.41) is 4.04. The molecule has 1 unspecified atom stereocenters. The Morgan fingerprint density at radius 1 is 1.60 bits per heavy atom. The van der Waals surface area contributed by atoms with Crippen LogP contribution in [0.15, 0.2) is 12.4 Å². The van der Waals surface area contributed by atoms with Crippen LogP contribution in [-0.2, 0) is 16.5 Å². The van der Waals surface area contributed by atoms with Gasteiger partial charge in [-0.05, 0) is 13.3 Å². The third-order valence-corrected chi connectivity index (χ3v) is 4.05. The maximum Gasteiger partial charge on any atom is 0.257 e. The molecule has 0 bridgehead atoms. The summed E-state index contributed by atoms with van der Waals surface area (Å²) in [7, 11) is 1.81. The van der Waals surface area contributed by atoms with Crippen LogP contribution >= 0.6 is 0 Å². The van der Waals surface area contributed by atoms with E-state index in [9.17, 15) is 4.79 Å². The van der Waals surface area contributed by atoms with E-state index in [-0.39, 0.29) is 17.6 Å². The van der Waals surface area contributed by atoms with E-state index < -0.39 is 0 Å². The molecule has 1 spiro atoms. The highest BCUT2D eigenvalue weighted by molar-refractivity contribution is 5.94. The van der Waals surface area contributed by atoms with Gasteiger partial charge in [0.25, 0.3) is 5.91 Å². The van der Waals surface area contributed by atoms with Gasteiger partial charge in [0.05, 0.1) is 31.0 Å². The molecule has 110 valence electrons. The number of aromatic nitrogens is 2. The van der Waals surface area contributed by atoms with Gasteiger partial charge in [0.1, 0.15) is 5.60 Å². The van der Waals surface area contributed by atoms with E-state index in [1.165, 1.54) is 0 Å². The van der Waals surface area contributed by atoms with Crippen LogP contribution in [0.1, 0.15) is 30.1 Å². The molecule has 0 radical (unpaired) electrons. The molecule has 0 saturated carbocycles. The molecular formula is C14H21N3O3. The maximum atomic E-state index is 12.3. The summed E-state index contributed by atoms with van der Waals surface area (Å²) in [6.07, 6.45) is 5.46. The molecule has 0 aliphatic carbocycles. The van der Waals surface area contributed by atoms with Crippen LogP contribution in [-0.4, -0.2) is 58.6 Å². The number of rotatable bonds is 3. The molecule has 1 amide bonds. The third-order valence-electron chi connectivity index (χ3n) is 4.05. The summed E-state index contributed by atoms with van der Waals surface area (Å²) in [6.45, 7) is 4.79. The van der Waals surface area contributed by atoms with Crippen molar-refractivity contribution in [2.45, 2.75) is 31.5 Å². The summed E-state index contributed by atoms with van der Waals surface area (Å²) in [6, 6.07) is 0. The summed E-state index contributed by atoms with van der Waals surface area (Å²) in [4.78, 5) is 14.1. The number of nitrogens with zero attached hydrogens (tertiary/aromatic N) is 3. The van der Waals surface area contributed by atoms with Crippen LogP contribution in [0, 0.1) is 0 Å². The first-order valence-corrected chi connectivity index (χ1v) is 7.15. The largest absolute Gasteiger partial charge is 0.378 e. The standard InChI is InChI=1S/C14H21N3O3/c1-3-19-12-4-5-20-14(6-12)9-17(10-14)13(18)11-7-15-16(2)8-11/h7-8,12H,3-6,9-10H2,1-2H3. The van der Waals surface area contributed by atoms with Gasteiger partial charge in [-0.25, -0.2) is 0 Å². The lowest BCUT2D eigenvalue weighted by Crippen LogP contribution is -2.67. The Bertz CT molecular complexity index is 492. The molecule has 0 N–H and O–H groups in total. The van der Waals surface area contributed by atoms with Gasteiger partial charge in [0, 0.05) is 32.9 Å². The van der Waals surface area contributed by atoms with Crippen molar-refractivity contribution in [2.24, 2.45) is 7.05 Å². The van der Waals surface area contributed by atoms with Crippen molar-refractivity contribution in [1.82, 2.24) is 14.7 Å². The fourth-order valence-corrected chi connectivity index (χ4v) is 3.09. The van der Waals surface area contributed by atoms with Crippen LogP contribution in [0.25, 0.3) is 0 Å². The molecule has 20 heavy (non-hydrogen) atoms. The van der Waals surface area contributed by atoms with Gasteiger partial charge >= 0.3 is 0 Å². The fourth-order valence-electron chi connectivity index (χ4n) is 3.09. The Kier molecular flexibility index (Phi) is 3.52. The first kappa shape index (κ1) is 13.6. The highest BCUT2D eigenvalue weighted by atomic mass is 16.5. The first-order chi connectivity index (χ1) is 9.62. The minimum Gasteiger partial charge on any atom is -0.378 e. The Labute approximate surface area is 118 Å². The quantitative estimate of drug-likeness (QED) is 0.822. The molecule has 2 aliphatic rings. The van der Waals surface area contributed by atoms with Crippen molar-refractivity contribution in [3.8, 4) is 0 Å². The van der Waals surface area contributed by atoms with Gasteiger partial charge in [-0.3, -0.25) is 9.48 Å². The molecule has 2 saturated heterocycles. The zero-order chi connectivity index (χ0) is 14.2. The van der Waals surface area contributed by atoms with Crippen molar-refractivity contribution in [3.05, 3.63) is 18.0 Å². The normalized spacial score (nSPS) is 24.7. The number of hydrogen-bond donors (Lipinski definition) is 0. The Morgan fingerprint density at radius 3 is 3.05 bits per heavy atom. The Hall–Kier alpha value is -1.40. The number of aryl methyl sites for hydroxylation is 1. The van der Waals surface area contributed by atoms with Gasteiger partial charge in [-0.2, -0.15) is 5.10 Å². The van der Waals surface area contributed by atoms with Crippen molar-refractivity contribution in [1.29, 1.82) is 0 Å². The second kappa shape index (κ2) is 5.18. The molecule has 1 atom stereocenters. The van der Waals surface area contributed by atoms with E-state index >= 15 is 0 Å². The van der Waals surface area contributed by atoms with E-state index in [0.717, 1.165) is 26.1 Å². The highest BCUT2D eigenvalue weighted by Gasteiger charge is 2.49. The van der Waals surface area contributed by atoms with E-state index in [2.05, 4.69) is 5.10 Å². The van der Waals surface area contributed by atoms with E-state index in [1.807, 2.05) is 18.9 Å². The minimum absolute atomic E-state index is 0.0332. The Morgan fingerprint density at radius 2 is 2.40 bits per heavy atom. The Balaban J connectivity index is 1.58. The first-order valence-electron chi connectivity index (χ1n) is 7.15. The van der Waals surface area contributed by atoms with Crippen molar-refractivity contribution in [2.75, 3.05) is 26.3 Å². The van der Waals surface area contributed by atoms with Crippen LogP contribution in [0.4, 0.5) is 0 Å².